The van der Waals surface area contributed by atoms with Crippen LogP contribution in [0, 0.1) is 13.8 Å². The molecule has 1 amide bonds. The van der Waals surface area contributed by atoms with Gasteiger partial charge in [0.25, 0.3) is 11.7 Å². The van der Waals surface area contributed by atoms with Crippen molar-refractivity contribution in [3.05, 3.63) is 82.3 Å². The molecule has 2 heterocycles. The Morgan fingerprint density at radius 2 is 1.74 bits per heavy atom. The number of ketones is 1. The number of aliphatic hydroxyl groups is 1. The minimum Gasteiger partial charge on any atom is -0.507 e. The molecule has 0 spiro atoms. The van der Waals surface area contributed by atoms with Crippen molar-refractivity contribution < 1.29 is 29.0 Å². The van der Waals surface area contributed by atoms with E-state index >= 15 is 0 Å². The highest BCUT2D eigenvalue weighted by atomic mass is 16.5. The molecular formula is C28H29NO6. The van der Waals surface area contributed by atoms with Crippen molar-refractivity contribution in [2.24, 2.45) is 0 Å². The summed E-state index contributed by atoms with van der Waals surface area (Å²) in [6.07, 6.45) is 0. The van der Waals surface area contributed by atoms with Gasteiger partial charge in [0.2, 0.25) is 0 Å². The van der Waals surface area contributed by atoms with Gasteiger partial charge in [0.1, 0.15) is 34.8 Å². The highest BCUT2D eigenvalue weighted by molar-refractivity contribution is 6.51. The Balaban J connectivity index is 2.01. The van der Waals surface area contributed by atoms with E-state index < -0.39 is 17.7 Å². The lowest BCUT2D eigenvalue weighted by atomic mass is 9.85. The second kappa shape index (κ2) is 8.65. The van der Waals surface area contributed by atoms with Crippen LogP contribution in [0.3, 0.4) is 0 Å². The first-order chi connectivity index (χ1) is 16.4. The monoisotopic (exact) mass is 475 g/mol. The van der Waals surface area contributed by atoms with E-state index in [1.54, 1.807) is 43.3 Å². The zero-order valence-electron chi connectivity index (χ0n) is 20.7. The number of carbonyl (C=O) groups excluding carboxylic acids is 2. The molecule has 1 unspecified atom stereocenters. The normalized spacial score (nSPS) is 17.8. The zero-order chi connectivity index (χ0) is 25.7. The van der Waals surface area contributed by atoms with Gasteiger partial charge in [-0.1, -0.05) is 32.9 Å². The van der Waals surface area contributed by atoms with E-state index in [-0.39, 0.29) is 33.9 Å². The SMILES string of the molecule is COc1ccc(C(C)(C)C)cc1/C(O)=C1\C(=O)C(=O)N(c2cc(C)ccc2O)C1c1ccc(C)o1. The van der Waals surface area contributed by atoms with Crippen molar-refractivity contribution in [1.82, 2.24) is 0 Å². The number of rotatable bonds is 4. The summed E-state index contributed by atoms with van der Waals surface area (Å²) in [5, 5.41) is 22.1. The van der Waals surface area contributed by atoms with Gasteiger partial charge in [-0.25, -0.2) is 0 Å². The first kappa shape index (κ1) is 24.1. The Kier molecular flexibility index (Phi) is 5.97. The van der Waals surface area contributed by atoms with Crippen LogP contribution in [0.1, 0.15) is 55.0 Å². The fourth-order valence-electron chi connectivity index (χ4n) is 4.28. The average Bonchev–Trinajstić information content (AvgIpc) is 3.34. The van der Waals surface area contributed by atoms with Gasteiger partial charge >= 0.3 is 0 Å². The minimum absolute atomic E-state index is 0.144. The molecule has 2 N–H and O–H groups in total. The first-order valence-electron chi connectivity index (χ1n) is 11.3. The summed E-state index contributed by atoms with van der Waals surface area (Å²) in [6, 6.07) is 12.4. The van der Waals surface area contributed by atoms with Gasteiger partial charge in [0.05, 0.1) is 23.9 Å². The van der Waals surface area contributed by atoms with Gasteiger partial charge in [0, 0.05) is 0 Å². The van der Waals surface area contributed by atoms with Crippen molar-refractivity contribution in [3.63, 3.8) is 0 Å². The molecule has 1 atom stereocenters. The maximum atomic E-state index is 13.4. The van der Waals surface area contributed by atoms with Gasteiger partial charge < -0.3 is 19.4 Å². The molecular weight excluding hydrogens is 446 g/mol. The summed E-state index contributed by atoms with van der Waals surface area (Å²) in [5.74, 6) is -1.09. The van der Waals surface area contributed by atoms with Gasteiger partial charge in [-0.15, -0.1) is 0 Å². The molecule has 1 fully saturated rings. The predicted octanol–water partition coefficient (Wildman–Crippen LogP) is 5.53. The summed E-state index contributed by atoms with van der Waals surface area (Å²) in [4.78, 5) is 27.9. The smallest absolute Gasteiger partial charge is 0.300 e. The summed E-state index contributed by atoms with van der Waals surface area (Å²) < 4.78 is 11.3. The third kappa shape index (κ3) is 4.18. The predicted molar refractivity (Wildman–Crippen MR) is 133 cm³/mol. The van der Waals surface area contributed by atoms with Crippen molar-refractivity contribution in [2.45, 2.75) is 46.1 Å². The van der Waals surface area contributed by atoms with Crippen LogP contribution in [-0.4, -0.2) is 29.0 Å². The van der Waals surface area contributed by atoms with Crippen molar-refractivity contribution >= 4 is 23.1 Å². The Bertz CT molecular complexity index is 1360. The van der Waals surface area contributed by atoms with Crippen LogP contribution < -0.4 is 9.64 Å². The van der Waals surface area contributed by atoms with Crippen molar-refractivity contribution in [2.75, 3.05) is 12.0 Å². The molecule has 1 aliphatic rings. The molecule has 2 aromatic carbocycles. The summed E-state index contributed by atoms with van der Waals surface area (Å²) in [7, 11) is 1.47. The van der Waals surface area contributed by atoms with E-state index in [9.17, 15) is 19.8 Å². The van der Waals surface area contributed by atoms with Gasteiger partial charge in [-0.3, -0.25) is 14.5 Å². The molecule has 3 aromatic rings. The summed E-state index contributed by atoms with van der Waals surface area (Å²) in [5.41, 5.74) is 1.76. The van der Waals surface area contributed by atoms with Crippen LogP contribution in [0.15, 0.2) is 58.5 Å². The standard InChI is InChI=1S/C28H29NO6/c1-15-7-10-20(30)19(13-15)29-24(22-11-8-16(2)35-22)23(26(32)27(29)33)25(31)18-14-17(28(3,4)5)9-12-21(18)34-6/h7-14,24,30-31H,1-6H3/b25-23+. The number of Topliss-reactive ketones (excluding diaryl/α,β-unsaturated/α-hetero) is 1. The number of hydrogen-bond acceptors (Lipinski definition) is 6. The van der Waals surface area contributed by atoms with E-state index in [4.69, 9.17) is 9.15 Å². The van der Waals surface area contributed by atoms with Gasteiger partial charge in [0.15, 0.2) is 0 Å². The van der Waals surface area contributed by atoms with E-state index in [1.165, 1.54) is 18.1 Å². The molecule has 7 heteroatoms. The first-order valence-corrected chi connectivity index (χ1v) is 11.3. The molecule has 35 heavy (non-hydrogen) atoms. The lowest BCUT2D eigenvalue weighted by Crippen LogP contribution is -2.29. The van der Waals surface area contributed by atoms with E-state index in [0.717, 1.165) is 11.1 Å². The molecule has 0 bridgehead atoms. The Morgan fingerprint density at radius 1 is 1.03 bits per heavy atom. The minimum atomic E-state index is -1.08. The Labute approximate surface area is 204 Å². The third-order valence-electron chi connectivity index (χ3n) is 6.19. The van der Waals surface area contributed by atoms with Crippen LogP contribution in [0.5, 0.6) is 11.5 Å². The number of furan rings is 1. The number of methoxy groups -OCH3 is 1. The number of phenols is 1. The second-order valence-electron chi connectivity index (χ2n) is 9.77. The molecule has 0 saturated carbocycles. The number of hydrogen-bond donors (Lipinski definition) is 2. The van der Waals surface area contributed by atoms with Crippen LogP contribution in [-0.2, 0) is 15.0 Å². The van der Waals surface area contributed by atoms with Gasteiger partial charge in [-0.05, 0) is 66.8 Å². The Hall–Kier alpha value is -4.00. The number of aromatic hydroxyl groups is 1. The molecule has 7 nitrogen and oxygen atoms in total. The molecule has 4 rings (SSSR count). The number of benzene rings is 2. The third-order valence-corrected chi connectivity index (χ3v) is 6.19. The number of anilines is 1. The van der Waals surface area contributed by atoms with Crippen molar-refractivity contribution in [3.8, 4) is 11.5 Å². The zero-order valence-corrected chi connectivity index (χ0v) is 20.7. The molecule has 182 valence electrons. The lowest BCUT2D eigenvalue weighted by Gasteiger charge is -2.25. The van der Waals surface area contributed by atoms with E-state index in [2.05, 4.69) is 0 Å². The van der Waals surface area contributed by atoms with Crippen LogP contribution >= 0.6 is 0 Å². The van der Waals surface area contributed by atoms with Crippen LogP contribution in [0.2, 0.25) is 0 Å². The number of amides is 1. The summed E-state index contributed by atoms with van der Waals surface area (Å²) >= 11 is 0. The molecule has 1 aromatic heterocycles. The number of carbonyl (C=O) groups is 2. The number of nitrogens with zero attached hydrogens (tertiary/aromatic N) is 1. The van der Waals surface area contributed by atoms with Crippen molar-refractivity contribution in [1.29, 1.82) is 0 Å². The maximum Gasteiger partial charge on any atom is 0.300 e. The molecule has 0 aliphatic carbocycles. The number of aliphatic hydroxyl groups excluding tert-OH is 1. The molecule has 0 radical (unpaired) electrons. The fraction of sp³-hybridized carbons (Fsp3) is 0.286. The highest BCUT2D eigenvalue weighted by Gasteiger charge is 2.49. The maximum absolute atomic E-state index is 13.4. The largest absolute Gasteiger partial charge is 0.507 e. The number of aryl methyl sites for hydroxylation is 2. The van der Waals surface area contributed by atoms with Gasteiger partial charge in [-0.2, -0.15) is 0 Å². The fourth-order valence-corrected chi connectivity index (χ4v) is 4.28. The number of ether oxygens (including phenoxy) is 1. The average molecular weight is 476 g/mol. The molecule has 1 saturated heterocycles. The summed E-state index contributed by atoms with van der Waals surface area (Å²) in [6.45, 7) is 9.65. The number of phenolic OH excluding ortho intramolecular Hbond substituents is 1. The van der Waals surface area contributed by atoms with E-state index in [1.807, 2.05) is 33.8 Å². The quantitative estimate of drug-likeness (QED) is 0.292. The molecule has 1 aliphatic heterocycles. The highest BCUT2D eigenvalue weighted by Crippen LogP contribution is 2.46. The lowest BCUT2D eigenvalue weighted by molar-refractivity contribution is -0.132. The Morgan fingerprint density at radius 3 is 2.34 bits per heavy atom. The van der Waals surface area contributed by atoms with Crippen LogP contribution in [0.25, 0.3) is 5.76 Å². The topological polar surface area (TPSA) is 100 Å². The van der Waals surface area contributed by atoms with Crippen LogP contribution in [0.4, 0.5) is 5.69 Å². The second-order valence-corrected chi connectivity index (χ2v) is 9.77. The van der Waals surface area contributed by atoms with E-state index in [0.29, 0.717) is 17.1 Å².